The molecule has 1 unspecified atom stereocenters. The van der Waals surface area contributed by atoms with Crippen molar-refractivity contribution in [1.29, 1.82) is 0 Å². The van der Waals surface area contributed by atoms with E-state index in [0.717, 1.165) is 24.2 Å². The molecule has 1 N–H and O–H groups in total. The lowest BCUT2D eigenvalue weighted by molar-refractivity contribution is 0.164. The van der Waals surface area contributed by atoms with E-state index < -0.39 is 0 Å². The maximum atomic E-state index is 9.60. The summed E-state index contributed by atoms with van der Waals surface area (Å²) in [4.78, 5) is 0. The van der Waals surface area contributed by atoms with Gasteiger partial charge in [-0.25, -0.2) is 0 Å². The summed E-state index contributed by atoms with van der Waals surface area (Å²) < 4.78 is 4.93. The molecule has 2 nitrogen and oxygen atoms in total. The van der Waals surface area contributed by atoms with Gasteiger partial charge in [-0.15, -0.1) is 0 Å². The zero-order valence-electron chi connectivity index (χ0n) is 7.90. The minimum atomic E-state index is -0.218. The third-order valence-electron chi connectivity index (χ3n) is 1.94. The quantitative estimate of drug-likeness (QED) is 0.715. The molecule has 0 saturated carbocycles. The lowest BCUT2D eigenvalue weighted by atomic mass is 10.1. The normalized spacial score (nSPS) is 13.1. The van der Waals surface area contributed by atoms with E-state index in [1.54, 1.807) is 12.5 Å². The van der Waals surface area contributed by atoms with Crippen LogP contribution < -0.4 is 0 Å². The third kappa shape index (κ3) is 4.39. The molecule has 0 saturated heterocycles. The third-order valence-corrected chi connectivity index (χ3v) is 2.63. The summed E-state index contributed by atoms with van der Waals surface area (Å²) in [5.74, 6) is 1.13. The van der Waals surface area contributed by atoms with Gasteiger partial charge in [0, 0.05) is 6.42 Å². The van der Waals surface area contributed by atoms with Crippen molar-refractivity contribution in [3.8, 4) is 0 Å². The van der Waals surface area contributed by atoms with Crippen LogP contribution in [0, 0.1) is 0 Å². The van der Waals surface area contributed by atoms with Crippen molar-refractivity contribution >= 4 is 11.8 Å². The highest BCUT2D eigenvalue weighted by Crippen LogP contribution is 2.09. The Kier molecular flexibility index (Phi) is 5.01. The molecule has 1 rings (SSSR count). The summed E-state index contributed by atoms with van der Waals surface area (Å²) >= 11 is 1.82. The Morgan fingerprint density at radius 2 is 2.46 bits per heavy atom. The minimum Gasteiger partial charge on any atom is -0.472 e. The van der Waals surface area contributed by atoms with E-state index in [2.05, 4.69) is 6.26 Å². The van der Waals surface area contributed by atoms with Gasteiger partial charge in [0.15, 0.2) is 0 Å². The summed E-state index contributed by atoms with van der Waals surface area (Å²) in [5, 5.41) is 9.60. The molecule has 0 amide bonds. The zero-order valence-corrected chi connectivity index (χ0v) is 8.72. The monoisotopic (exact) mass is 200 g/mol. The number of hydrogen-bond acceptors (Lipinski definition) is 3. The Balaban J connectivity index is 2.14. The van der Waals surface area contributed by atoms with Crippen molar-refractivity contribution < 1.29 is 9.52 Å². The first-order valence-electron chi connectivity index (χ1n) is 4.51. The predicted octanol–water partition coefficient (Wildman–Crippen LogP) is 2.33. The van der Waals surface area contributed by atoms with Crippen molar-refractivity contribution in [1.82, 2.24) is 0 Å². The van der Waals surface area contributed by atoms with Gasteiger partial charge in [-0.3, -0.25) is 0 Å². The van der Waals surface area contributed by atoms with Gasteiger partial charge in [0.1, 0.15) is 0 Å². The van der Waals surface area contributed by atoms with Crippen LogP contribution >= 0.6 is 11.8 Å². The molecular formula is C10H16O2S. The number of hydrogen-bond donors (Lipinski definition) is 1. The maximum Gasteiger partial charge on any atom is 0.0935 e. The van der Waals surface area contributed by atoms with E-state index >= 15 is 0 Å². The molecule has 0 aliphatic carbocycles. The van der Waals surface area contributed by atoms with Crippen LogP contribution in [0.3, 0.4) is 0 Å². The molecule has 0 aliphatic rings. The van der Waals surface area contributed by atoms with Crippen LogP contribution in [0.4, 0.5) is 0 Å². The Labute approximate surface area is 83.3 Å². The lowest BCUT2D eigenvalue weighted by Gasteiger charge is -2.07. The molecule has 74 valence electrons. The van der Waals surface area contributed by atoms with Crippen molar-refractivity contribution in [2.24, 2.45) is 0 Å². The molecule has 0 aromatic carbocycles. The van der Waals surface area contributed by atoms with Crippen molar-refractivity contribution in [2.45, 2.75) is 25.4 Å². The highest BCUT2D eigenvalue weighted by atomic mass is 32.2. The molecule has 1 aromatic rings. The summed E-state index contributed by atoms with van der Waals surface area (Å²) in [6.45, 7) is 0. The van der Waals surface area contributed by atoms with E-state index in [0.29, 0.717) is 6.42 Å². The van der Waals surface area contributed by atoms with Crippen LogP contribution in [-0.2, 0) is 6.42 Å². The topological polar surface area (TPSA) is 33.4 Å². The van der Waals surface area contributed by atoms with Gasteiger partial charge in [-0.2, -0.15) is 11.8 Å². The first kappa shape index (κ1) is 10.7. The van der Waals surface area contributed by atoms with Gasteiger partial charge in [0.05, 0.1) is 18.6 Å². The van der Waals surface area contributed by atoms with E-state index in [4.69, 9.17) is 4.42 Å². The standard InChI is InChI=1S/C10H16O2S/c1-13-6-2-3-10(11)7-9-4-5-12-8-9/h4-5,8,10-11H,2-3,6-7H2,1H3. The smallest absolute Gasteiger partial charge is 0.0935 e. The van der Waals surface area contributed by atoms with Crippen LogP contribution in [0.25, 0.3) is 0 Å². The van der Waals surface area contributed by atoms with Gasteiger partial charge in [-0.1, -0.05) is 0 Å². The second-order valence-electron chi connectivity index (χ2n) is 3.12. The number of aliphatic hydroxyl groups is 1. The number of rotatable bonds is 6. The molecule has 1 atom stereocenters. The molecule has 3 heteroatoms. The van der Waals surface area contributed by atoms with Crippen LogP contribution in [0.5, 0.6) is 0 Å². The van der Waals surface area contributed by atoms with Crippen molar-refractivity contribution in [2.75, 3.05) is 12.0 Å². The summed E-state index contributed by atoms with van der Waals surface area (Å²) in [6.07, 6.45) is 7.88. The van der Waals surface area contributed by atoms with Crippen molar-refractivity contribution in [3.05, 3.63) is 24.2 Å². The van der Waals surface area contributed by atoms with Gasteiger partial charge >= 0.3 is 0 Å². The van der Waals surface area contributed by atoms with Crippen LogP contribution in [0.1, 0.15) is 18.4 Å². The van der Waals surface area contributed by atoms with E-state index in [1.165, 1.54) is 0 Å². The van der Waals surface area contributed by atoms with Gasteiger partial charge in [0.2, 0.25) is 0 Å². The Bertz CT molecular complexity index is 209. The number of furan rings is 1. The van der Waals surface area contributed by atoms with E-state index in [9.17, 15) is 5.11 Å². The molecule has 1 aromatic heterocycles. The highest BCUT2D eigenvalue weighted by molar-refractivity contribution is 7.98. The summed E-state index contributed by atoms with van der Waals surface area (Å²) in [5.41, 5.74) is 1.08. The first-order chi connectivity index (χ1) is 6.33. The van der Waals surface area contributed by atoms with E-state index in [1.807, 2.05) is 17.8 Å². The Morgan fingerprint density at radius 3 is 3.08 bits per heavy atom. The first-order valence-corrected chi connectivity index (χ1v) is 5.90. The van der Waals surface area contributed by atoms with Crippen LogP contribution in [0.2, 0.25) is 0 Å². The second-order valence-corrected chi connectivity index (χ2v) is 4.11. The lowest BCUT2D eigenvalue weighted by Crippen LogP contribution is -2.09. The molecule has 0 fully saturated rings. The fraction of sp³-hybridized carbons (Fsp3) is 0.600. The fourth-order valence-electron chi connectivity index (χ4n) is 1.25. The molecular weight excluding hydrogens is 184 g/mol. The van der Waals surface area contributed by atoms with Gasteiger partial charge in [-0.05, 0) is 36.5 Å². The zero-order chi connectivity index (χ0) is 9.52. The maximum absolute atomic E-state index is 9.60. The molecule has 0 radical (unpaired) electrons. The predicted molar refractivity (Wildman–Crippen MR) is 56.0 cm³/mol. The number of aliphatic hydroxyl groups excluding tert-OH is 1. The highest BCUT2D eigenvalue weighted by Gasteiger charge is 2.05. The van der Waals surface area contributed by atoms with E-state index in [-0.39, 0.29) is 6.10 Å². The van der Waals surface area contributed by atoms with Crippen molar-refractivity contribution in [3.63, 3.8) is 0 Å². The summed E-state index contributed by atoms with van der Waals surface area (Å²) in [6, 6.07) is 1.90. The largest absolute Gasteiger partial charge is 0.472 e. The average Bonchev–Trinajstić information content (AvgIpc) is 2.57. The molecule has 0 aliphatic heterocycles. The van der Waals surface area contributed by atoms with Crippen LogP contribution in [-0.4, -0.2) is 23.2 Å². The Morgan fingerprint density at radius 1 is 1.62 bits per heavy atom. The Hall–Kier alpha value is -0.410. The molecule has 1 heterocycles. The average molecular weight is 200 g/mol. The molecule has 13 heavy (non-hydrogen) atoms. The molecule has 0 spiro atoms. The SMILES string of the molecule is CSCCCC(O)Cc1ccoc1. The number of thioether (sulfide) groups is 1. The second kappa shape index (κ2) is 6.11. The molecule has 0 bridgehead atoms. The van der Waals surface area contributed by atoms with Crippen LogP contribution in [0.15, 0.2) is 23.0 Å². The van der Waals surface area contributed by atoms with Gasteiger partial charge in [0.25, 0.3) is 0 Å². The van der Waals surface area contributed by atoms with Gasteiger partial charge < -0.3 is 9.52 Å². The fourth-order valence-corrected chi connectivity index (χ4v) is 1.70. The minimum absolute atomic E-state index is 0.218. The summed E-state index contributed by atoms with van der Waals surface area (Å²) in [7, 11) is 0.